The molecule has 0 amide bonds. The molecule has 0 rings (SSSR count). The molecule has 0 heterocycles. The average molecular weight is 1410 g/mol. The molecule has 0 radical (unpaired) electrons. The second kappa shape index (κ2) is 92.8. The van der Waals surface area contributed by atoms with Crippen LogP contribution >= 0.6 is 48.9 Å². The number of allylic oxidation sites excluding steroid dienone is 8. The molecule has 0 aliphatic rings. The van der Waals surface area contributed by atoms with E-state index in [-0.39, 0.29) is 41.8 Å². The van der Waals surface area contributed by atoms with E-state index in [2.05, 4.69) is 146 Å². The number of aliphatic hydroxyl groups excluding tert-OH is 4. The summed E-state index contributed by atoms with van der Waals surface area (Å²) in [6.45, 7) is 12.3. The molecule has 8 nitrogen and oxygen atoms in total. The Morgan fingerprint density at radius 3 is 0.438 bits per heavy atom. The Kier molecular flexibility index (Phi) is 100. The smallest absolute Gasteiger partial charge is 0.254 e. The first-order valence-electron chi connectivity index (χ1n) is 37.6. The molecule has 526 valence electrons. The van der Waals surface area contributed by atoms with E-state index in [0.717, 1.165) is 51.9 Å². The number of hydrogen-bond acceptors (Lipinski definition) is 4. The second-order valence-corrected chi connectivity index (χ2v) is 26.2. The van der Waals surface area contributed by atoms with E-state index in [1.165, 1.54) is 334 Å². The molecule has 0 fully saturated rings. The van der Waals surface area contributed by atoms with E-state index in [1.54, 1.807) is 0 Å². The van der Waals surface area contributed by atoms with Gasteiger partial charge in [0.2, 0.25) is 0 Å². The Bertz CT molecular complexity index is 1290. The summed E-state index contributed by atoms with van der Waals surface area (Å²) in [5.74, 6) is 0. The molecule has 0 saturated carbocycles. The van der Waals surface area contributed by atoms with Crippen molar-refractivity contribution in [2.75, 3.05) is 26.2 Å². The van der Waals surface area contributed by atoms with Gasteiger partial charge >= 0.3 is 0 Å². The van der Waals surface area contributed by atoms with E-state index in [1.807, 2.05) is 0 Å². The minimum atomic E-state index is -0.0762. The largest absolute Gasteiger partial charge is 0.487 e. The predicted octanol–water partition coefficient (Wildman–Crippen LogP) is 25.8. The Balaban J connectivity index is -0.000000351. The maximum absolute atomic E-state index is 8.79. The van der Waals surface area contributed by atoms with Crippen LogP contribution in [0.15, 0.2) is 48.6 Å². The van der Waals surface area contributed by atoms with E-state index in [4.69, 9.17) is 20.4 Å². The molecule has 0 bridgehead atoms. The quantitative estimate of drug-likeness (QED) is 0.0128. The summed E-state index contributed by atoms with van der Waals surface area (Å²) in [6, 6.07) is 0. The van der Waals surface area contributed by atoms with Crippen LogP contribution < -0.4 is 21.3 Å². The summed E-state index contributed by atoms with van der Waals surface area (Å²) in [5, 5.41) is 46.0. The van der Waals surface area contributed by atoms with Crippen molar-refractivity contribution in [3.63, 3.8) is 0 Å². The van der Waals surface area contributed by atoms with Crippen LogP contribution in [0.2, 0.25) is 0 Å². The molecule has 0 atom stereocenters. The molecular weight excluding hydrogens is 1260 g/mol. The third kappa shape index (κ3) is 111. The van der Waals surface area contributed by atoms with Gasteiger partial charge in [-0.2, -0.15) is 0 Å². The van der Waals surface area contributed by atoms with Gasteiger partial charge in [0, 0.05) is 47.2 Å². The summed E-state index contributed by atoms with van der Waals surface area (Å²) in [5.41, 5.74) is 0. The molecule has 0 spiro atoms. The third-order valence-corrected chi connectivity index (χ3v) is 16.4. The molecule has 0 aromatic rings. The minimum absolute atomic E-state index is 0. The van der Waals surface area contributed by atoms with Crippen LogP contribution in [0.5, 0.6) is 0 Å². The van der Waals surface area contributed by atoms with Crippen LogP contribution in [0.3, 0.4) is 0 Å². The van der Waals surface area contributed by atoms with Crippen molar-refractivity contribution in [2.24, 2.45) is 0 Å². The molecule has 0 aliphatic heterocycles. The van der Waals surface area contributed by atoms with Crippen LogP contribution in [0.4, 0.5) is 0 Å². The summed E-state index contributed by atoms with van der Waals surface area (Å²) in [4.78, 5) is 0. The number of rotatable bonds is 64. The first-order valence-corrected chi connectivity index (χ1v) is 39.2. The second-order valence-electron chi connectivity index (χ2n) is 24.7. The van der Waals surface area contributed by atoms with Gasteiger partial charge in [-0.1, -0.05) is 307 Å². The maximum atomic E-state index is 8.79. The number of hydrogen-bond donors (Lipinski definition) is 8. The summed E-state index contributed by atoms with van der Waals surface area (Å²) >= 11 is 18.2. The van der Waals surface area contributed by atoms with Crippen LogP contribution in [-0.4, -0.2) is 67.3 Å². The zero-order valence-corrected chi connectivity index (χ0v) is 64.1. The van der Waals surface area contributed by atoms with Crippen LogP contribution in [-0.2, 0) is 21.1 Å². The molecule has 13 heteroatoms. The van der Waals surface area contributed by atoms with Gasteiger partial charge in [0.15, 0.2) is 0 Å². The van der Waals surface area contributed by atoms with Crippen LogP contribution in [0, 0.1) is 0 Å². The molecule has 0 aliphatic carbocycles. The molecule has 0 aromatic heterocycles. The topological polar surface area (TPSA) is 129 Å². The number of aliphatic hydroxyl groups is 4. The monoisotopic (exact) mass is 1410 g/mol. The third-order valence-electron chi connectivity index (χ3n) is 15.9. The van der Waals surface area contributed by atoms with Crippen molar-refractivity contribution >= 4 is 69.6 Å². The fourth-order valence-electron chi connectivity index (χ4n) is 10.3. The zero-order chi connectivity index (χ0) is 65.2. The molecule has 0 saturated heterocycles. The van der Waals surface area contributed by atoms with Crippen LogP contribution in [0.1, 0.15) is 387 Å². The van der Waals surface area contributed by atoms with Gasteiger partial charge in [-0.05, 0) is 177 Å². The number of unbranched alkanes of at least 4 members (excludes halogenated alkanes) is 48. The van der Waals surface area contributed by atoms with Gasteiger partial charge in [0.1, 0.15) is 0 Å². The normalized spacial score (nSPS) is 11.0. The van der Waals surface area contributed by atoms with E-state index < -0.39 is 0 Å². The van der Waals surface area contributed by atoms with Crippen molar-refractivity contribution < 1.29 is 41.5 Å². The average Bonchev–Trinajstić information content (AvgIpc) is 3.50. The Morgan fingerprint density at radius 1 is 0.202 bits per heavy atom. The zero-order valence-electron chi connectivity index (χ0n) is 58.9. The molecule has 8 N–H and O–H groups in total. The van der Waals surface area contributed by atoms with Gasteiger partial charge < -0.3 is 41.7 Å². The molecule has 0 aromatic carbocycles. The van der Waals surface area contributed by atoms with Crippen molar-refractivity contribution in [1.29, 1.82) is 0 Å². The molecule has 89 heavy (non-hydrogen) atoms. The fraction of sp³-hybridized carbons (Fsp3) is 0.842. The van der Waals surface area contributed by atoms with Crippen molar-refractivity contribution in [2.45, 2.75) is 387 Å². The van der Waals surface area contributed by atoms with Crippen LogP contribution in [0.25, 0.3) is 0 Å². The van der Waals surface area contributed by atoms with E-state index in [9.17, 15) is 0 Å². The Morgan fingerprint density at radius 2 is 0.315 bits per heavy atom. The van der Waals surface area contributed by atoms with Gasteiger partial charge in [-0.15, -0.1) is 0 Å². The standard InChI is InChI=1S/4C19H37NOS.Mo/c4*1-2-3-4-5-6-7-8-9-10-11-12-13-14-15-16-17-18-20-19(21)22;/h4*9-10H,2-8,11-18H2,1H3,(H2,20,21,22);/b4*10-9-;. The van der Waals surface area contributed by atoms with Gasteiger partial charge in [-0.25, -0.2) is 0 Å². The summed E-state index contributed by atoms with van der Waals surface area (Å²) in [6.07, 6.45) is 92.9. The first kappa shape index (κ1) is 96.1. The van der Waals surface area contributed by atoms with E-state index >= 15 is 0 Å². The maximum Gasteiger partial charge on any atom is 0.254 e. The number of nitrogens with one attached hydrogen (secondary N) is 4. The predicted molar refractivity (Wildman–Crippen MR) is 411 cm³/mol. The fourth-order valence-corrected chi connectivity index (χ4v) is 10.7. The first-order chi connectivity index (χ1) is 43.1. The van der Waals surface area contributed by atoms with Gasteiger partial charge in [0.25, 0.3) is 20.7 Å². The molecule has 0 unspecified atom stereocenters. The Labute approximate surface area is 590 Å². The van der Waals surface area contributed by atoms with Crippen molar-refractivity contribution in [3.05, 3.63) is 48.6 Å². The SMILES string of the molecule is CCCCCCCC/C=C\CCCCCCCCNC(O)=S.CCCCCCCC/C=C\CCCCCCCCNC(O)=S.CCCCCCCC/C=C\CCCCCCCCNC(O)=S.CCCCCCCC/C=C\CCCCCCCCNC(O)=S.[Mo]. The van der Waals surface area contributed by atoms with Gasteiger partial charge in [0.05, 0.1) is 0 Å². The molecular formula is C76H148MoN4O4S4. The van der Waals surface area contributed by atoms with Crippen molar-refractivity contribution in [1.82, 2.24) is 21.3 Å². The Hall–Kier alpha value is -1.59. The summed E-state index contributed by atoms with van der Waals surface area (Å²) in [7, 11) is 0. The van der Waals surface area contributed by atoms with Gasteiger partial charge in [-0.3, -0.25) is 0 Å². The summed E-state index contributed by atoms with van der Waals surface area (Å²) < 4.78 is 0. The number of thiocarbonyl (C=S) groups is 4. The van der Waals surface area contributed by atoms with E-state index in [0.29, 0.717) is 0 Å². The minimum Gasteiger partial charge on any atom is -0.487 e. The van der Waals surface area contributed by atoms with Crippen molar-refractivity contribution in [3.8, 4) is 0 Å².